The highest BCUT2D eigenvalue weighted by Gasteiger charge is 2.39. The van der Waals surface area contributed by atoms with Crippen molar-refractivity contribution in [3.8, 4) is 11.5 Å². The van der Waals surface area contributed by atoms with Crippen LogP contribution >= 0.6 is 0 Å². The van der Waals surface area contributed by atoms with Gasteiger partial charge in [-0.3, -0.25) is 4.79 Å². The molecule has 1 rings (SSSR count). The van der Waals surface area contributed by atoms with Crippen molar-refractivity contribution in [2.24, 2.45) is 5.92 Å². The minimum atomic E-state index is -1.29. The second kappa shape index (κ2) is 4.24. The minimum Gasteiger partial charge on any atom is -0.457 e. The molecule has 15 heavy (non-hydrogen) atoms. The monoisotopic (exact) mass is 222 g/mol. The SMILES string of the molecule is C/C(=C\C#C[Si](C)(C)C)[C@H]1OC(=O)[C@H]1C. The number of esters is 1. The molecule has 1 saturated heterocycles. The largest absolute Gasteiger partial charge is 0.457 e. The summed E-state index contributed by atoms with van der Waals surface area (Å²) in [7, 11) is -1.29. The summed E-state index contributed by atoms with van der Waals surface area (Å²) < 4.78 is 5.03. The molecule has 0 amide bonds. The Bertz CT molecular complexity index is 352. The van der Waals surface area contributed by atoms with Gasteiger partial charge >= 0.3 is 5.97 Å². The van der Waals surface area contributed by atoms with Gasteiger partial charge in [0.2, 0.25) is 0 Å². The summed E-state index contributed by atoms with van der Waals surface area (Å²) in [5.41, 5.74) is 4.30. The maximum absolute atomic E-state index is 10.9. The molecule has 0 unspecified atom stereocenters. The molecular formula is C12H18O2Si. The van der Waals surface area contributed by atoms with Gasteiger partial charge in [0.25, 0.3) is 0 Å². The molecule has 2 nitrogen and oxygen atoms in total. The number of hydrogen-bond acceptors (Lipinski definition) is 2. The van der Waals surface area contributed by atoms with E-state index in [1.165, 1.54) is 0 Å². The molecule has 0 aromatic heterocycles. The number of carbonyl (C=O) groups excluding carboxylic acids is 1. The lowest BCUT2D eigenvalue weighted by molar-refractivity contribution is -0.177. The van der Waals surface area contributed by atoms with E-state index >= 15 is 0 Å². The Morgan fingerprint density at radius 3 is 2.47 bits per heavy atom. The Kier molecular flexibility index (Phi) is 3.41. The van der Waals surface area contributed by atoms with E-state index in [1.54, 1.807) is 0 Å². The molecule has 3 heteroatoms. The maximum atomic E-state index is 10.9. The van der Waals surface area contributed by atoms with Crippen molar-refractivity contribution < 1.29 is 9.53 Å². The number of carbonyl (C=O) groups is 1. The van der Waals surface area contributed by atoms with Crippen LogP contribution in [0.5, 0.6) is 0 Å². The van der Waals surface area contributed by atoms with Crippen LogP contribution in [0.15, 0.2) is 11.6 Å². The second-order valence-corrected chi connectivity index (χ2v) is 9.80. The Hall–Kier alpha value is -1.01. The Morgan fingerprint density at radius 2 is 2.07 bits per heavy atom. The van der Waals surface area contributed by atoms with Crippen molar-refractivity contribution >= 4 is 14.0 Å². The normalized spacial score (nSPS) is 26.2. The summed E-state index contributed by atoms with van der Waals surface area (Å²) in [4.78, 5) is 10.9. The third-order valence-electron chi connectivity index (χ3n) is 2.26. The van der Waals surface area contributed by atoms with Crippen LogP contribution in [0.4, 0.5) is 0 Å². The van der Waals surface area contributed by atoms with E-state index in [2.05, 4.69) is 31.1 Å². The van der Waals surface area contributed by atoms with E-state index < -0.39 is 8.07 Å². The first-order valence-electron chi connectivity index (χ1n) is 5.21. The molecule has 0 spiro atoms. The second-order valence-electron chi connectivity index (χ2n) is 5.05. The highest BCUT2D eigenvalue weighted by molar-refractivity contribution is 6.83. The van der Waals surface area contributed by atoms with E-state index in [0.29, 0.717) is 0 Å². The molecule has 0 aromatic carbocycles. The number of ether oxygens (including phenoxy) is 1. The summed E-state index contributed by atoms with van der Waals surface area (Å²) >= 11 is 0. The quantitative estimate of drug-likeness (QED) is 0.387. The molecule has 0 N–H and O–H groups in total. The van der Waals surface area contributed by atoms with Crippen LogP contribution in [-0.4, -0.2) is 20.1 Å². The van der Waals surface area contributed by atoms with Crippen molar-refractivity contribution in [1.82, 2.24) is 0 Å². The van der Waals surface area contributed by atoms with E-state index in [1.807, 2.05) is 19.9 Å². The minimum absolute atomic E-state index is 0.00469. The summed E-state index contributed by atoms with van der Waals surface area (Å²) in [6, 6.07) is 0. The molecule has 0 aliphatic carbocycles. The molecule has 82 valence electrons. The van der Waals surface area contributed by atoms with Gasteiger partial charge in [-0.1, -0.05) is 25.6 Å². The van der Waals surface area contributed by atoms with Gasteiger partial charge in [-0.2, -0.15) is 0 Å². The highest BCUT2D eigenvalue weighted by atomic mass is 28.3. The lowest BCUT2D eigenvalue weighted by Crippen LogP contribution is -2.43. The summed E-state index contributed by atoms with van der Waals surface area (Å²) in [5, 5.41) is 0. The molecule has 1 aliphatic heterocycles. The molecule has 1 fully saturated rings. The van der Waals surface area contributed by atoms with Gasteiger partial charge in [-0.05, 0) is 25.5 Å². The molecular weight excluding hydrogens is 204 g/mol. The van der Waals surface area contributed by atoms with E-state index in [-0.39, 0.29) is 18.0 Å². The number of allylic oxidation sites excluding steroid dienone is 1. The number of cyclic esters (lactones) is 1. The number of hydrogen-bond donors (Lipinski definition) is 0. The van der Waals surface area contributed by atoms with E-state index in [0.717, 1.165) is 5.57 Å². The highest BCUT2D eigenvalue weighted by Crippen LogP contribution is 2.27. The summed E-state index contributed by atoms with van der Waals surface area (Å²) in [5.74, 6) is 2.96. The zero-order chi connectivity index (χ0) is 11.6. The first-order valence-corrected chi connectivity index (χ1v) is 8.71. The fraction of sp³-hybridized carbons (Fsp3) is 0.583. The molecule has 0 saturated carbocycles. The van der Waals surface area contributed by atoms with Crippen LogP contribution in [0.25, 0.3) is 0 Å². The van der Waals surface area contributed by atoms with Crippen LogP contribution in [0, 0.1) is 17.4 Å². The smallest absolute Gasteiger partial charge is 0.313 e. The average molecular weight is 222 g/mol. The van der Waals surface area contributed by atoms with Crippen molar-refractivity contribution in [3.05, 3.63) is 11.6 Å². The lowest BCUT2D eigenvalue weighted by atomic mass is 9.93. The van der Waals surface area contributed by atoms with Crippen LogP contribution < -0.4 is 0 Å². The first-order chi connectivity index (χ1) is 6.81. The van der Waals surface area contributed by atoms with Gasteiger partial charge < -0.3 is 4.74 Å². The molecule has 2 atom stereocenters. The molecule has 1 aliphatic rings. The molecule has 0 aromatic rings. The average Bonchev–Trinajstić information content (AvgIpc) is 2.11. The third kappa shape index (κ3) is 3.24. The Balaban J connectivity index is 2.61. The molecule has 0 bridgehead atoms. The van der Waals surface area contributed by atoms with Gasteiger partial charge in [0.15, 0.2) is 0 Å². The van der Waals surface area contributed by atoms with Crippen molar-refractivity contribution in [1.29, 1.82) is 0 Å². The van der Waals surface area contributed by atoms with Crippen LogP contribution in [0.1, 0.15) is 13.8 Å². The zero-order valence-electron chi connectivity index (χ0n) is 10.0. The first kappa shape index (κ1) is 12.1. The van der Waals surface area contributed by atoms with Gasteiger partial charge in [-0.15, -0.1) is 5.54 Å². The van der Waals surface area contributed by atoms with Gasteiger partial charge in [0.1, 0.15) is 14.2 Å². The fourth-order valence-electron chi connectivity index (χ4n) is 1.32. The zero-order valence-corrected chi connectivity index (χ0v) is 11.0. The standard InChI is InChI=1S/C12H18O2Si/c1-9(7-6-8-15(3,4)5)11-10(2)12(13)14-11/h7,10-11H,1-5H3/b9-7+/t10-,11+/m0/s1. The van der Waals surface area contributed by atoms with Crippen LogP contribution in [-0.2, 0) is 9.53 Å². The lowest BCUT2D eigenvalue weighted by Gasteiger charge is -2.33. The topological polar surface area (TPSA) is 26.3 Å². The van der Waals surface area contributed by atoms with Crippen molar-refractivity contribution in [3.63, 3.8) is 0 Å². The molecule has 1 heterocycles. The maximum Gasteiger partial charge on any atom is 0.313 e. The van der Waals surface area contributed by atoms with Crippen molar-refractivity contribution in [2.45, 2.75) is 39.6 Å². The van der Waals surface area contributed by atoms with Gasteiger partial charge in [0, 0.05) is 0 Å². The summed E-state index contributed by atoms with van der Waals surface area (Å²) in [6.07, 6.45) is 1.83. The van der Waals surface area contributed by atoms with E-state index in [4.69, 9.17) is 4.74 Å². The molecule has 0 radical (unpaired) electrons. The van der Waals surface area contributed by atoms with Crippen molar-refractivity contribution in [2.75, 3.05) is 0 Å². The predicted octanol–water partition coefficient (Wildman–Crippen LogP) is 2.38. The Morgan fingerprint density at radius 1 is 1.47 bits per heavy atom. The van der Waals surface area contributed by atoms with Gasteiger partial charge in [-0.25, -0.2) is 0 Å². The van der Waals surface area contributed by atoms with Crippen LogP contribution in [0.2, 0.25) is 19.6 Å². The fourth-order valence-corrected chi connectivity index (χ4v) is 1.83. The third-order valence-corrected chi connectivity index (χ3v) is 3.16. The Labute approximate surface area is 92.7 Å². The van der Waals surface area contributed by atoms with Crippen LogP contribution in [0.3, 0.4) is 0 Å². The predicted molar refractivity (Wildman–Crippen MR) is 63.9 cm³/mol. The van der Waals surface area contributed by atoms with E-state index in [9.17, 15) is 4.79 Å². The number of rotatable bonds is 1. The summed E-state index contributed by atoms with van der Waals surface area (Å²) in [6.45, 7) is 10.5. The van der Waals surface area contributed by atoms with Gasteiger partial charge in [0.05, 0.1) is 5.92 Å².